The van der Waals surface area contributed by atoms with Crippen molar-refractivity contribution < 1.29 is 0 Å². The Balaban J connectivity index is 3.28. The van der Waals surface area contributed by atoms with Crippen molar-refractivity contribution >= 4 is 21.9 Å². The van der Waals surface area contributed by atoms with Crippen molar-refractivity contribution in [2.75, 3.05) is 5.73 Å². The van der Waals surface area contributed by atoms with Gasteiger partial charge in [0.2, 0.25) is 5.95 Å². The molecule has 0 saturated heterocycles. The van der Waals surface area contributed by atoms with Crippen LogP contribution in [0.15, 0.2) is 4.60 Å². The van der Waals surface area contributed by atoms with Gasteiger partial charge in [0.25, 0.3) is 0 Å². The van der Waals surface area contributed by atoms with E-state index in [2.05, 4.69) is 39.7 Å². The van der Waals surface area contributed by atoms with Crippen molar-refractivity contribution in [1.29, 1.82) is 0 Å². The Morgan fingerprint density at radius 2 is 1.92 bits per heavy atom. The normalized spacial score (nSPS) is 10.8. The number of nitrogen functional groups attached to an aromatic ring is 1. The summed E-state index contributed by atoms with van der Waals surface area (Å²) < 4.78 is 0.808. The number of nitrogens with zero attached hydrogens (tertiary/aromatic N) is 2. The van der Waals surface area contributed by atoms with Crippen LogP contribution in [0.4, 0.5) is 5.95 Å². The molecule has 4 heteroatoms. The molecule has 66 valence electrons. The summed E-state index contributed by atoms with van der Waals surface area (Å²) in [5, 5.41) is 0. The molecule has 1 heterocycles. The summed E-state index contributed by atoms with van der Waals surface area (Å²) >= 11 is 3.37. The van der Waals surface area contributed by atoms with E-state index in [0.717, 1.165) is 15.9 Å². The van der Waals surface area contributed by atoms with Crippen molar-refractivity contribution in [1.82, 2.24) is 9.97 Å². The lowest BCUT2D eigenvalue weighted by atomic mass is 10.0. The fraction of sp³-hybridized carbons (Fsp3) is 0.500. The minimum atomic E-state index is 0.323. The Labute approximate surface area is 80.5 Å². The van der Waals surface area contributed by atoms with E-state index in [1.54, 1.807) is 0 Å². The maximum absolute atomic E-state index is 5.48. The Bertz CT molecular complexity index is 273. The number of aromatic nitrogens is 2. The second kappa shape index (κ2) is 3.39. The highest BCUT2D eigenvalue weighted by Gasteiger charge is 2.10. The summed E-state index contributed by atoms with van der Waals surface area (Å²) in [6.45, 7) is 6.15. The van der Waals surface area contributed by atoms with E-state index in [0.29, 0.717) is 11.9 Å². The first-order valence-corrected chi connectivity index (χ1v) is 4.61. The van der Waals surface area contributed by atoms with Crippen LogP contribution in [-0.2, 0) is 0 Å². The third-order valence-corrected chi connectivity index (χ3v) is 2.29. The molecule has 0 aliphatic carbocycles. The second-order valence-electron chi connectivity index (χ2n) is 3.03. The van der Waals surface area contributed by atoms with Crippen LogP contribution in [0.2, 0.25) is 0 Å². The summed E-state index contributed by atoms with van der Waals surface area (Å²) in [6.07, 6.45) is 0. The maximum atomic E-state index is 5.48. The Kier molecular flexibility index (Phi) is 2.67. The third-order valence-electron chi connectivity index (χ3n) is 1.68. The highest BCUT2D eigenvalue weighted by molar-refractivity contribution is 9.10. The predicted molar refractivity (Wildman–Crippen MR) is 53.0 cm³/mol. The largest absolute Gasteiger partial charge is 0.368 e. The van der Waals surface area contributed by atoms with Crippen LogP contribution in [0.25, 0.3) is 0 Å². The summed E-state index contributed by atoms with van der Waals surface area (Å²) in [6, 6.07) is 0. The molecule has 12 heavy (non-hydrogen) atoms. The van der Waals surface area contributed by atoms with Crippen LogP contribution in [-0.4, -0.2) is 9.97 Å². The molecule has 0 atom stereocenters. The summed E-state index contributed by atoms with van der Waals surface area (Å²) in [5.74, 6) is 0.740. The minimum absolute atomic E-state index is 0.323. The molecule has 0 aromatic carbocycles. The Hall–Kier alpha value is -0.640. The van der Waals surface area contributed by atoms with Crippen molar-refractivity contribution in [3.8, 4) is 0 Å². The lowest BCUT2D eigenvalue weighted by Crippen LogP contribution is -2.03. The molecular weight excluding hydrogens is 218 g/mol. The number of rotatable bonds is 1. The van der Waals surface area contributed by atoms with Gasteiger partial charge in [0.05, 0.1) is 0 Å². The highest BCUT2D eigenvalue weighted by atomic mass is 79.9. The van der Waals surface area contributed by atoms with Crippen molar-refractivity contribution in [3.05, 3.63) is 15.9 Å². The zero-order chi connectivity index (χ0) is 9.30. The van der Waals surface area contributed by atoms with E-state index in [4.69, 9.17) is 5.73 Å². The Morgan fingerprint density at radius 3 is 2.33 bits per heavy atom. The predicted octanol–water partition coefficient (Wildman–Crippen LogP) is 2.25. The third kappa shape index (κ3) is 1.75. The van der Waals surface area contributed by atoms with E-state index in [1.807, 2.05) is 6.92 Å². The van der Waals surface area contributed by atoms with Crippen molar-refractivity contribution in [3.63, 3.8) is 0 Å². The number of anilines is 1. The zero-order valence-corrected chi connectivity index (χ0v) is 9.01. The molecule has 1 rings (SSSR count). The van der Waals surface area contributed by atoms with E-state index in [9.17, 15) is 0 Å². The van der Waals surface area contributed by atoms with Crippen LogP contribution in [0.1, 0.15) is 31.0 Å². The van der Waals surface area contributed by atoms with Gasteiger partial charge < -0.3 is 5.73 Å². The quantitative estimate of drug-likeness (QED) is 0.752. The molecule has 1 aromatic heterocycles. The van der Waals surface area contributed by atoms with E-state index >= 15 is 0 Å². The van der Waals surface area contributed by atoms with Gasteiger partial charge in [0, 0.05) is 11.3 Å². The van der Waals surface area contributed by atoms with Crippen molar-refractivity contribution in [2.45, 2.75) is 26.7 Å². The molecule has 0 aliphatic heterocycles. The number of halogens is 1. The standard InChI is InChI=1S/C8H12BrN3/c1-4(2)6-5(3)11-8(10)12-7(6)9/h4H,1-3H3,(H2,10,11,12). The Morgan fingerprint density at radius 1 is 1.33 bits per heavy atom. The SMILES string of the molecule is Cc1nc(N)nc(Br)c1C(C)C. The van der Waals surface area contributed by atoms with Crippen LogP contribution >= 0.6 is 15.9 Å². The lowest BCUT2D eigenvalue weighted by molar-refractivity contribution is 0.821. The fourth-order valence-electron chi connectivity index (χ4n) is 1.22. The molecule has 0 aliphatic rings. The van der Waals surface area contributed by atoms with Crippen LogP contribution in [0.5, 0.6) is 0 Å². The van der Waals surface area contributed by atoms with Gasteiger partial charge in [-0.3, -0.25) is 0 Å². The molecular formula is C8H12BrN3. The fourth-order valence-corrected chi connectivity index (χ4v) is 2.15. The molecule has 0 amide bonds. The average molecular weight is 230 g/mol. The molecule has 0 radical (unpaired) electrons. The maximum Gasteiger partial charge on any atom is 0.221 e. The smallest absolute Gasteiger partial charge is 0.221 e. The molecule has 0 unspecified atom stereocenters. The first-order valence-electron chi connectivity index (χ1n) is 3.82. The number of hydrogen-bond donors (Lipinski definition) is 1. The van der Waals surface area contributed by atoms with Gasteiger partial charge >= 0.3 is 0 Å². The van der Waals surface area contributed by atoms with E-state index in [-0.39, 0.29) is 0 Å². The number of hydrogen-bond acceptors (Lipinski definition) is 3. The van der Waals surface area contributed by atoms with Gasteiger partial charge in [0.1, 0.15) is 4.60 Å². The van der Waals surface area contributed by atoms with E-state index < -0.39 is 0 Å². The first-order chi connectivity index (χ1) is 5.52. The molecule has 0 fully saturated rings. The van der Waals surface area contributed by atoms with Crippen molar-refractivity contribution in [2.24, 2.45) is 0 Å². The van der Waals surface area contributed by atoms with Gasteiger partial charge in [-0.1, -0.05) is 13.8 Å². The van der Waals surface area contributed by atoms with E-state index in [1.165, 1.54) is 0 Å². The summed E-state index contributed by atoms with van der Waals surface area (Å²) in [7, 11) is 0. The second-order valence-corrected chi connectivity index (χ2v) is 3.78. The molecule has 1 aromatic rings. The number of nitrogens with two attached hydrogens (primary N) is 1. The average Bonchev–Trinajstić information content (AvgIpc) is 1.82. The minimum Gasteiger partial charge on any atom is -0.368 e. The number of aryl methyl sites for hydroxylation is 1. The molecule has 3 nitrogen and oxygen atoms in total. The topological polar surface area (TPSA) is 51.8 Å². The van der Waals surface area contributed by atoms with Gasteiger partial charge in [-0.15, -0.1) is 0 Å². The van der Waals surface area contributed by atoms with Gasteiger partial charge in [-0.2, -0.15) is 0 Å². The van der Waals surface area contributed by atoms with Crippen LogP contribution in [0, 0.1) is 6.92 Å². The molecule has 0 spiro atoms. The monoisotopic (exact) mass is 229 g/mol. The zero-order valence-electron chi connectivity index (χ0n) is 7.43. The van der Waals surface area contributed by atoms with Gasteiger partial charge in [-0.25, -0.2) is 9.97 Å². The highest BCUT2D eigenvalue weighted by Crippen LogP contribution is 2.25. The van der Waals surface area contributed by atoms with Crippen LogP contribution in [0.3, 0.4) is 0 Å². The van der Waals surface area contributed by atoms with Crippen LogP contribution < -0.4 is 5.73 Å². The lowest BCUT2D eigenvalue weighted by Gasteiger charge is -2.10. The summed E-state index contributed by atoms with van der Waals surface area (Å²) in [4.78, 5) is 8.13. The summed E-state index contributed by atoms with van der Waals surface area (Å²) in [5.41, 5.74) is 7.55. The first kappa shape index (κ1) is 9.45. The van der Waals surface area contributed by atoms with Gasteiger partial charge in [0.15, 0.2) is 0 Å². The molecule has 0 bridgehead atoms. The molecule has 0 saturated carbocycles. The molecule has 2 N–H and O–H groups in total. The van der Waals surface area contributed by atoms with Gasteiger partial charge in [-0.05, 0) is 28.8 Å².